The number of carbonyl (C=O) groups excluding carboxylic acids is 2. The lowest BCUT2D eigenvalue weighted by molar-refractivity contribution is -0.145. The molecule has 0 spiro atoms. The summed E-state index contributed by atoms with van der Waals surface area (Å²) in [6, 6.07) is 8.80. The average Bonchev–Trinajstić information content (AvgIpc) is 3.18. The number of furan rings is 1. The first kappa shape index (κ1) is 19.6. The average molecular weight is 388 g/mol. The molecule has 1 aromatic carbocycles. The summed E-state index contributed by atoms with van der Waals surface area (Å²) in [5, 5.41) is 9.13. The van der Waals surface area contributed by atoms with Gasteiger partial charge < -0.3 is 19.3 Å². The molecule has 2 heterocycles. The highest BCUT2D eigenvalue weighted by molar-refractivity contribution is 5.94. The van der Waals surface area contributed by atoms with Crippen LogP contribution in [0, 0.1) is 11.7 Å². The number of hydrogen-bond donors (Lipinski definition) is 1. The quantitative estimate of drug-likeness (QED) is 0.850. The van der Waals surface area contributed by atoms with E-state index >= 15 is 0 Å². The van der Waals surface area contributed by atoms with Crippen LogP contribution in [0.3, 0.4) is 0 Å². The van der Waals surface area contributed by atoms with Gasteiger partial charge >= 0.3 is 5.97 Å². The molecule has 1 unspecified atom stereocenters. The van der Waals surface area contributed by atoms with Gasteiger partial charge in [0.05, 0.1) is 12.5 Å². The minimum Gasteiger partial charge on any atom is -0.481 e. The smallest absolute Gasteiger partial charge is 0.308 e. The Morgan fingerprint density at radius 1 is 1.21 bits per heavy atom. The van der Waals surface area contributed by atoms with Gasteiger partial charge in [-0.25, -0.2) is 4.39 Å². The molecular formula is C20H21FN2O5. The van der Waals surface area contributed by atoms with E-state index in [0.29, 0.717) is 30.7 Å². The van der Waals surface area contributed by atoms with Gasteiger partial charge in [-0.3, -0.25) is 14.4 Å². The third-order valence-corrected chi connectivity index (χ3v) is 4.79. The monoisotopic (exact) mass is 388 g/mol. The molecule has 0 radical (unpaired) electrons. The van der Waals surface area contributed by atoms with Crippen molar-refractivity contribution in [3.05, 3.63) is 48.0 Å². The fraction of sp³-hybridized carbons (Fsp3) is 0.350. The van der Waals surface area contributed by atoms with Crippen LogP contribution in [0.4, 0.5) is 4.39 Å². The molecular weight excluding hydrogens is 367 g/mol. The standard InChI is InChI=1S/C20H21FN2O5/c1-22(12-18(24)23-10-2-3-14(11-23)20(26)27)19(25)17-9-8-16(28-17)13-4-6-15(21)7-5-13/h4-9,14H,2-3,10-12H2,1H3,(H,26,27). The molecule has 1 fully saturated rings. The zero-order valence-corrected chi connectivity index (χ0v) is 15.4. The van der Waals surface area contributed by atoms with Crippen LogP contribution in [0.25, 0.3) is 11.3 Å². The summed E-state index contributed by atoms with van der Waals surface area (Å²) in [6.07, 6.45) is 1.17. The number of carbonyl (C=O) groups is 3. The van der Waals surface area contributed by atoms with Crippen molar-refractivity contribution in [2.24, 2.45) is 5.92 Å². The molecule has 148 valence electrons. The number of carboxylic acids is 1. The van der Waals surface area contributed by atoms with E-state index in [4.69, 9.17) is 9.52 Å². The topological polar surface area (TPSA) is 91.1 Å². The van der Waals surface area contributed by atoms with Gasteiger partial charge in [0.2, 0.25) is 5.91 Å². The lowest BCUT2D eigenvalue weighted by Crippen LogP contribution is -2.46. The van der Waals surface area contributed by atoms with Gasteiger partial charge in [-0.1, -0.05) is 0 Å². The third-order valence-electron chi connectivity index (χ3n) is 4.79. The molecule has 1 atom stereocenters. The van der Waals surface area contributed by atoms with Gasteiger partial charge in [-0.2, -0.15) is 0 Å². The van der Waals surface area contributed by atoms with Crippen LogP contribution in [0.5, 0.6) is 0 Å². The minimum absolute atomic E-state index is 0.0664. The molecule has 1 aliphatic heterocycles. The van der Waals surface area contributed by atoms with Crippen LogP contribution in [-0.2, 0) is 9.59 Å². The number of likely N-dealkylation sites (N-methyl/N-ethyl adjacent to an activating group) is 1. The summed E-state index contributed by atoms with van der Waals surface area (Å²) < 4.78 is 18.6. The number of nitrogens with zero attached hydrogens (tertiary/aromatic N) is 2. The first-order valence-corrected chi connectivity index (χ1v) is 8.97. The van der Waals surface area contributed by atoms with E-state index in [9.17, 15) is 18.8 Å². The number of rotatable bonds is 5. The largest absolute Gasteiger partial charge is 0.481 e. The maximum absolute atomic E-state index is 13.0. The van der Waals surface area contributed by atoms with E-state index in [0.717, 1.165) is 0 Å². The molecule has 0 bridgehead atoms. The Morgan fingerprint density at radius 2 is 1.93 bits per heavy atom. The minimum atomic E-state index is -0.911. The number of amides is 2. The van der Waals surface area contributed by atoms with E-state index in [2.05, 4.69) is 0 Å². The molecule has 0 saturated carbocycles. The summed E-state index contributed by atoms with van der Waals surface area (Å²) in [5.41, 5.74) is 0.632. The third kappa shape index (κ3) is 4.39. The van der Waals surface area contributed by atoms with Gasteiger partial charge in [0.1, 0.15) is 11.6 Å². The zero-order valence-electron chi connectivity index (χ0n) is 15.4. The molecule has 7 nitrogen and oxygen atoms in total. The Balaban J connectivity index is 1.62. The molecule has 1 N–H and O–H groups in total. The number of piperidine rings is 1. The molecule has 1 saturated heterocycles. The lowest BCUT2D eigenvalue weighted by Gasteiger charge is -2.31. The number of halogens is 1. The van der Waals surface area contributed by atoms with Crippen LogP contribution >= 0.6 is 0 Å². The van der Waals surface area contributed by atoms with Crippen molar-refractivity contribution >= 4 is 17.8 Å². The molecule has 28 heavy (non-hydrogen) atoms. The Morgan fingerprint density at radius 3 is 2.61 bits per heavy atom. The Labute approximate surface area is 161 Å². The van der Waals surface area contributed by atoms with Gasteiger partial charge in [-0.15, -0.1) is 0 Å². The predicted octanol–water partition coefficient (Wildman–Crippen LogP) is 2.48. The predicted molar refractivity (Wildman–Crippen MR) is 98.0 cm³/mol. The molecule has 2 aromatic rings. The maximum atomic E-state index is 13.0. The van der Waals surface area contributed by atoms with E-state index < -0.39 is 17.8 Å². The molecule has 0 aliphatic carbocycles. The molecule has 1 aliphatic rings. The fourth-order valence-electron chi connectivity index (χ4n) is 3.19. The summed E-state index contributed by atoms with van der Waals surface area (Å²) in [4.78, 5) is 38.8. The number of hydrogen-bond acceptors (Lipinski definition) is 4. The van der Waals surface area contributed by atoms with Crippen molar-refractivity contribution in [3.63, 3.8) is 0 Å². The van der Waals surface area contributed by atoms with E-state index in [1.165, 1.54) is 35.0 Å². The van der Waals surface area contributed by atoms with Crippen LogP contribution in [0.2, 0.25) is 0 Å². The van der Waals surface area contributed by atoms with Crippen molar-refractivity contribution in [1.29, 1.82) is 0 Å². The highest BCUT2D eigenvalue weighted by atomic mass is 19.1. The fourth-order valence-corrected chi connectivity index (χ4v) is 3.19. The second kappa shape index (κ2) is 8.24. The van der Waals surface area contributed by atoms with Crippen molar-refractivity contribution in [2.45, 2.75) is 12.8 Å². The van der Waals surface area contributed by atoms with Gasteiger partial charge in [0, 0.05) is 25.7 Å². The van der Waals surface area contributed by atoms with Crippen molar-refractivity contribution in [2.75, 3.05) is 26.7 Å². The summed E-state index contributed by atoms with van der Waals surface area (Å²) in [5.74, 6) is -2.12. The van der Waals surface area contributed by atoms with Gasteiger partial charge in [0.25, 0.3) is 5.91 Å². The summed E-state index contributed by atoms with van der Waals surface area (Å²) in [7, 11) is 1.49. The van der Waals surface area contributed by atoms with Crippen LogP contribution in [0.15, 0.2) is 40.8 Å². The van der Waals surface area contributed by atoms with Gasteiger partial charge in [-0.05, 0) is 49.2 Å². The first-order chi connectivity index (χ1) is 13.3. The molecule has 8 heteroatoms. The van der Waals surface area contributed by atoms with Crippen molar-refractivity contribution in [1.82, 2.24) is 9.80 Å². The van der Waals surface area contributed by atoms with E-state index in [1.54, 1.807) is 18.2 Å². The highest BCUT2D eigenvalue weighted by Crippen LogP contribution is 2.23. The van der Waals surface area contributed by atoms with Gasteiger partial charge in [0.15, 0.2) is 5.76 Å². The lowest BCUT2D eigenvalue weighted by atomic mass is 9.98. The maximum Gasteiger partial charge on any atom is 0.308 e. The number of aliphatic carboxylic acids is 1. The molecule has 3 rings (SSSR count). The van der Waals surface area contributed by atoms with E-state index in [-0.39, 0.29) is 30.6 Å². The number of likely N-dealkylation sites (tertiary alicyclic amines) is 1. The highest BCUT2D eigenvalue weighted by Gasteiger charge is 2.29. The second-order valence-corrected chi connectivity index (χ2v) is 6.85. The molecule has 2 amide bonds. The van der Waals surface area contributed by atoms with Crippen molar-refractivity contribution in [3.8, 4) is 11.3 Å². The Hall–Kier alpha value is -3.16. The van der Waals surface area contributed by atoms with Crippen LogP contribution < -0.4 is 0 Å². The SMILES string of the molecule is CN(CC(=O)N1CCCC(C(=O)O)C1)C(=O)c1ccc(-c2ccc(F)cc2)o1. The normalized spacial score (nSPS) is 16.6. The number of carboxylic acid groups (broad SMARTS) is 1. The van der Waals surface area contributed by atoms with Crippen LogP contribution in [-0.4, -0.2) is 59.4 Å². The second-order valence-electron chi connectivity index (χ2n) is 6.85. The number of benzene rings is 1. The van der Waals surface area contributed by atoms with E-state index in [1.807, 2.05) is 0 Å². The first-order valence-electron chi connectivity index (χ1n) is 8.97. The molecule has 1 aromatic heterocycles. The zero-order chi connectivity index (χ0) is 20.3. The summed E-state index contributed by atoms with van der Waals surface area (Å²) >= 11 is 0. The van der Waals surface area contributed by atoms with Crippen LogP contribution in [0.1, 0.15) is 23.4 Å². The summed E-state index contributed by atoms with van der Waals surface area (Å²) in [6.45, 7) is 0.476. The Kier molecular flexibility index (Phi) is 5.77. The van der Waals surface area contributed by atoms with Crippen molar-refractivity contribution < 1.29 is 28.3 Å². The Bertz CT molecular complexity index is 877.